The molecular weight excluding hydrogens is 200 g/mol. The van der Waals surface area contributed by atoms with E-state index in [1.807, 2.05) is 30.3 Å². The van der Waals surface area contributed by atoms with Gasteiger partial charge in [0.25, 0.3) is 0 Å². The van der Waals surface area contributed by atoms with E-state index in [2.05, 4.69) is 20.5 Å². The first-order valence-corrected chi connectivity index (χ1v) is 5.24. The second-order valence-electron chi connectivity index (χ2n) is 2.29. The Hall–Kier alpha value is -0.710. The Balaban J connectivity index is 2.62. The number of para-hydroxylation sites is 1. The van der Waals surface area contributed by atoms with Gasteiger partial charge in [-0.05, 0) is 27.6 Å². The van der Waals surface area contributed by atoms with Crippen LogP contribution >= 0.6 is 17.8 Å². The molecule has 0 aromatic heterocycles. The molecule has 0 saturated carbocycles. The summed E-state index contributed by atoms with van der Waals surface area (Å²) < 4.78 is 9.46. The second kappa shape index (κ2) is 5.85. The molecule has 2 nitrogen and oxygen atoms in total. The molecule has 0 aliphatic rings. The number of hydrogen-bond donors (Lipinski definition) is 0. The second-order valence-corrected chi connectivity index (χ2v) is 3.95. The molecule has 4 heteroatoms. The molecule has 0 aliphatic carbocycles. The lowest BCUT2D eigenvalue weighted by Gasteiger charge is -2.09. The van der Waals surface area contributed by atoms with Crippen molar-refractivity contribution in [2.75, 3.05) is 0 Å². The van der Waals surface area contributed by atoms with Crippen LogP contribution in [0.3, 0.4) is 0 Å². The Labute approximate surface area is 82.2 Å². The minimum absolute atomic E-state index is 0.0695. The molecule has 2 unspecified atom stereocenters. The first kappa shape index (κ1) is 10.4. The third-order valence-corrected chi connectivity index (χ3v) is 2.46. The maximum absolute atomic E-state index is 5.57. The van der Waals surface area contributed by atoms with Crippen molar-refractivity contribution in [1.82, 2.24) is 0 Å². The summed E-state index contributed by atoms with van der Waals surface area (Å²) in [7, 11) is 3.15. The van der Waals surface area contributed by atoms with E-state index in [9.17, 15) is 0 Å². The van der Waals surface area contributed by atoms with Gasteiger partial charge in [0.15, 0.2) is 5.85 Å². The van der Waals surface area contributed by atoms with Crippen LogP contribution in [0, 0.1) is 0 Å². The minimum atomic E-state index is -0.0695. The molecule has 68 valence electrons. The average Bonchev–Trinajstić information content (AvgIpc) is 2.19. The third kappa shape index (κ3) is 3.67. The van der Waals surface area contributed by atoms with Gasteiger partial charge in [-0.3, -0.25) is 0 Å². The minimum Gasteiger partial charge on any atom is -0.476 e. The fourth-order valence-corrected chi connectivity index (χ4v) is 1.61. The van der Waals surface area contributed by atoms with Crippen LogP contribution in [0.5, 0.6) is 5.75 Å². The van der Waals surface area contributed by atoms with Gasteiger partial charge < -0.3 is 4.74 Å². The molecule has 0 spiro atoms. The van der Waals surface area contributed by atoms with Crippen LogP contribution in [0.2, 0.25) is 0 Å². The Kier molecular flexibility index (Phi) is 4.67. The molecule has 0 bridgehead atoms. The highest BCUT2D eigenvalue weighted by Gasteiger charge is 2.01. The van der Waals surface area contributed by atoms with E-state index in [-0.39, 0.29) is 5.85 Å². The van der Waals surface area contributed by atoms with Gasteiger partial charge in [-0.15, -0.1) is 0 Å². The van der Waals surface area contributed by atoms with Crippen molar-refractivity contribution in [1.29, 1.82) is 0 Å². The molecule has 0 amide bonds. The first-order chi connectivity index (χ1) is 6.36. The van der Waals surface area contributed by atoms with Crippen LogP contribution in [0.25, 0.3) is 0 Å². The van der Waals surface area contributed by atoms with E-state index >= 15 is 0 Å². The van der Waals surface area contributed by atoms with E-state index in [0.717, 1.165) is 14.1 Å². The smallest absolute Gasteiger partial charge is 0.175 e. The monoisotopic (exact) mass is 211 g/mol. The number of ether oxygens (including phenoxy) is 1. The molecule has 0 aliphatic heterocycles. The van der Waals surface area contributed by atoms with E-state index in [1.54, 1.807) is 6.08 Å². The number of benzene rings is 1. The fourth-order valence-electron chi connectivity index (χ4n) is 0.823. The molecule has 1 aromatic rings. The molecule has 0 saturated heterocycles. The molecule has 0 heterocycles. The van der Waals surface area contributed by atoms with Crippen LogP contribution in [0.4, 0.5) is 0 Å². The molecule has 0 N–H and O–H groups in total. The van der Waals surface area contributed by atoms with Gasteiger partial charge in [0.2, 0.25) is 0 Å². The summed E-state index contributed by atoms with van der Waals surface area (Å²) in [5.41, 5.74) is 0. The van der Waals surface area contributed by atoms with Gasteiger partial charge in [0.1, 0.15) is 5.75 Å². The van der Waals surface area contributed by atoms with Gasteiger partial charge in [-0.1, -0.05) is 24.8 Å². The summed E-state index contributed by atoms with van der Waals surface area (Å²) >= 11 is 0. The van der Waals surface area contributed by atoms with Crippen molar-refractivity contribution in [3.8, 4) is 5.75 Å². The summed E-state index contributed by atoms with van der Waals surface area (Å²) in [5, 5.41) is 0. The van der Waals surface area contributed by atoms with E-state index in [0.29, 0.717) is 0 Å². The highest BCUT2D eigenvalue weighted by atomic mass is 31.1. The van der Waals surface area contributed by atoms with Gasteiger partial charge in [0, 0.05) is 0 Å². The maximum Gasteiger partial charge on any atom is 0.175 e. The van der Waals surface area contributed by atoms with Gasteiger partial charge >= 0.3 is 0 Å². The summed E-state index contributed by atoms with van der Waals surface area (Å²) in [6, 6.07) is 9.64. The summed E-state index contributed by atoms with van der Waals surface area (Å²) in [5.74, 6) is 0.772. The normalized spacial score (nSPS) is 12.7. The van der Waals surface area contributed by atoms with E-state index < -0.39 is 0 Å². The predicted molar refractivity (Wildman–Crippen MR) is 60.1 cm³/mol. The van der Waals surface area contributed by atoms with E-state index in [4.69, 9.17) is 4.74 Å². The molecular formula is C9H11NOP2. The Morgan fingerprint density at radius 1 is 1.46 bits per heavy atom. The Morgan fingerprint density at radius 3 is 2.69 bits per heavy atom. The molecule has 2 atom stereocenters. The molecule has 1 rings (SSSR count). The van der Waals surface area contributed by atoms with Crippen molar-refractivity contribution in [2.24, 2.45) is 4.52 Å². The van der Waals surface area contributed by atoms with Gasteiger partial charge in [-0.2, -0.15) is 0 Å². The van der Waals surface area contributed by atoms with Crippen molar-refractivity contribution in [3.05, 3.63) is 43.0 Å². The summed E-state index contributed by atoms with van der Waals surface area (Å²) in [6.45, 7) is 3.67. The Morgan fingerprint density at radius 2 is 2.15 bits per heavy atom. The van der Waals surface area contributed by atoms with Crippen molar-refractivity contribution in [3.63, 3.8) is 0 Å². The van der Waals surface area contributed by atoms with E-state index in [1.165, 1.54) is 0 Å². The van der Waals surface area contributed by atoms with Gasteiger partial charge in [0.05, 0.1) is 8.37 Å². The van der Waals surface area contributed by atoms with Crippen molar-refractivity contribution < 1.29 is 4.74 Å². The topological polar surface area (TPSA) is 21.6 Å². The first-order valence-electron chi connectivity index (χ1n) is 3.81. The largest absolute Gasteiger partial charge is 0.476 e. The van der Waals surface area contributed by atoms with Crippen LogP contribution in [-0.2, 0) is 0 Å². The molecule has 1 aromatic carbocycles. The predicted octanol–water partition coefficient (Wildman–Crippen LogP) is 3.50. The zero-order valence-corrected chi connectivity index (χ0v) is 9.18. The molecule has 0 radical (unpaired) electrons. The lowest BCUT2D eigenvalue weighted by atomic mass is 10.3. The van der Waals surface area contributed by atoms with Crippen molar-refractivity contribution >= 4 is 17.8 Å². The third-order valence-electron chi connectivity index (χ3n) is 1.38. The highest BCUT2D eigenvalue weighted by molar-refractivity contribution is 7.35. The lowest BCUT2D eigenvalue weighted by Crippen LogP contribution is -2.03. The zero-order chi connectivity index (χ0) is 9.52. The highest BCUT2D eigenvalue weighted by Crippen LogP contribution is 2.20. The average molecular weight is 211 g/mol. The van der Waals surface area contributed by atoms with Crippen LogP contribution in [0.15, 0.2) is 47.5 Å². The summed E-state index contributed by atoms with van der Waals surface area (Å²) in [6.07, 6.45) is 1.74. The van der Waals surface area contributed by atoms with Gasteiger partial charge in [-0.25, -0.2) is 4.52 Å². The molecule has 0 fully saturated rings. The SMILES string of the molecule is C=CC(Oc1ccccc1)P=NP. The van der Waals surface area contributed by atoms with Crippen molar-refractivity contribution in [2.45, 2.75) is 5.85 Å². The molecule has 13 heavy (non-hydrogen) atoms. The van der Waals surface area contributed by atoms with Crippen LogP contribution < -0.4 is 4.74 Å². The fraction of sp³-hybridized carbons (Fsp3) is 0.111. The Bertz CT molecular complexity index is 287. The number of rotatable bonds is 4. The van der Waals surface area contributed by atoms with Crippen LogP contribution in [0.1, 0.15) is 0 Å². The quantitative estimate of drug-likeness (QED) is 0.551. The zero-order valence-electron chi connectivity index (χ0n) is 7.13. The number of nitrogens with zero attached hydrogens (tertiary/aromatic N) is 1. The summed E-state index contributed by atoms with van der Waals surface area (Å²) in [4.78, 5) is 0. The standard InChI is InChI=1S/C9H11NOP2/c1-2-9(13-10-12)11-8-6-4-3-5-7-8/h2-7,9H,1,12H2. The van der Waals surface area contributed by atoms with Crippen LogP contribution in [-0.4, -0.2) is 5.85 Å². The maximum atomic E-state index is 5.57. The lowest BCUT2D eigenvalue weighted by molar-refractivity contribution is 0.331. The number of hydrogen-bond acceptors (Lipinski definition) is 2.